The second kappa shape index (κ2) is 12.4. The highest BCUT2D eigenvalue weighted by Gasteiger charge is 2.37. The predicted octanol–water partition coefficient (Wildman–Crippen LogP) is 4.72. The summed E-state index contributed by atoms with van der Waals surface area (Å²) in [5, 5.41) is 2.43. The summed E-state index contributed by atoms with van der Waals surface area (Å²) in [4.78, 5) is 53.0. The van der Waals surface area contributed by atoms with Crippen LogP contribution in [0.25, 0.3) is 6.08 Å². The zero-order valence-corrected chi connectivity index (χ0v) is 22.7. The molecule has 2 aliphatic heterocycles. The number of rotatable bonds is 9. The number of likely N-dealkylation sites (tertiary alicyclic amines) is 1. The number of thioether (sulfide) groups is 1. The van der Waals surface area contributed by atoms with E-state index in [0.717, 1.165) is 35.1 Å². The molecule has 0 saturated carbocycles. The lowest BCUT2D eigenvalue weighted by molar-refractivity contribution is -0.135. The van der Waals surface area contributed by atoms with E-state index in [1.165, 1.54) is 6.08 Å². The summed E-state index contributed by atoms with van der Waals surface area (Å²) < 4.78 is 11.4. The topological polar surface area (TPSA) is 105 Å². The third kappa shape index (κ3) is 6.68. The highest BCUT2D eigenvalue weighted by atomic mass is 35.5. The average Bonchev–Trinajstić information content (AvgIpc) is 3.50. The van der Waals surface area contributed by atoms with Crippen LogP contribution in [0.1, 0.15) is 30.9 Å². The number of amides is 4. The molecule has 2 aromatic carbocycles. The van der Waals surface area contributed by atoms with Crippen LogP contribution in [0.5, 0.6) is 11.5 Å². The van der Waals surface area contributed by atoms with Gasteiger partial charge >= 0.3 is 0 Å². The van der Waals surface area contributed by atoms with Crippen LogP contribution < -0.4 is 14.8 Å². The molecule has 1 N–H and O–H groups in total. The van der Waals surface area contributed by atoms with Gasteiger partial charge in [0.05, 0.1) is 16.5 Å². The summed E-state index contributed by atoms with van der Waals surface area (Å²) in [5.74, 6) is -0.657. The summed E-state index contributed by atoms with van der Waals surface area (Å²) in [6.07, 6.45) is 3.37. The summed E-state index contributed by atoms with van der Waals surface area (Å²) in [6, 6.07) is 10.5. The number of imide groups is 1. The van der Waals surface area contributed by atoms with Crippen LogP contribution in [0, 0.1) is 6.92 Å². The van der Waals surface area contributed by atoms with Gasteiger partial charge < -0.3 is 19.7 Å². The van der Waals surface area contributed by atoms with Gasteiger partial charge in [-0.15, -0.1) is 0 Å². The van der Waals surface area contributed by atoms with Crippen molar-refractivity contribution in [1.82, 2.24) is 9.80 Å². The molecule has 2 aliphatic rings. The number of ether oxygens (including phenoxy) is 2. The number of benzene rings is 2. The number of halogens is 1. The van der Waals surface area contributed by atoms with Gasteiger partial charge in [-0.3, -0.25) is 24.1 Å². The second-order valence-corrected chi connectivity index (χ2v) is 10.2. The molecule has 2 aromatic rings. The van der Waals surface area contributed by atoms with E-state index in [1.54, 1.807) is 36.1 Å². The second-order valence-electron chi connectivity index (χ2n) is 8.82. The van der Waals surface area contributed by atoms with Gasteiger partial charge in [0.1, 0.15) is 6.54 Å². The number of anilines is 1. The van der Waals surface area contributed by atoms with Crippen molar-refractivity contribution in [3.8, 4) is 11.5 Å². The largest absolute Gasteiger partial charge is 0.490 e. The molecule has 2 fully saturated rings. The zero-order valence-electron chi connectivity index (χ0n) is 21.1. The normalized spacial score (nSPS) is 16.3. The number of nitrogens with zero attached hydrogens (tertiary/aromatic N) is 2. The molecule has 38 heavy (non-hydrogen) atoms. The van der Waals surface area contributed by atoms with E-state index in [-0.39, 0.29) is 46.4 Å². The van der Waals surface area contributed by atoms with Crippen LogP contribution in [0.15, 0.2) is 41.3 Å². The third-order valence-corrected chi connectivity index (χ3v) is 7.13. The molecule has 0 unspecified atom stereocenters. The third-order valence-electron chi connectivity index (χ3n) is 5.94. The minimum absolute atomic E-state index is 0.175. The maximum atomic E-state index is 12.9. The Balaban J connectivity index is 1.45. The van der Waals surface area contributed by atoms with Crippen LogP contribution in [0.2, 0.25) is 5.02 Å². The summed E-state index contributed by atoms with van der Waals surface area (Å²) in [5.41, 5.74) is 2.23. The van der Waals surface area contributed by atoms with Gasteiger partial charge in [-0.2, -0.15) is 0 Å². The van der Waals surface area contributed by atoms with Crippen molar-refractivity contribution >= 4 is 58.1 Å². The van der Waals surface area contributed by atoms with Crippen LogP contribution >= 0.6 is 23.4 Å². The highest BCUT2D eigenvalue weighted by molar-refractivity contribution is 8.18. The minimum Gasteiger partial charge on any atom is -0.490 e. The molecule has 0 atom stereocenters. The zero-order chi connectivity index (χ0) is 27.2. The number of aryl methyl sites for hydroxylation is 1. The van der Waals surface area contributed by atoms with Crippen molar-refractivity contribution < 1.29 is 28.7 Å². The van der Waals surface area contributed by atoms with Crippen molar-refractivity contribution in [3.63, 3.8) is 0 Å². The molecule has 4 amide bonds. The maximum absolute atomic E-state index is 12.9. The quantitative estimate of drug-likeness (QED) is 0.445. The number of carbonyl (C=O) groups is 4. The molecule has 11 heteroatoms. The van der Waals surface area contributed by atoms with Crippen molar-refractivity contribution in [2.24, 2.45) is 0 Å². The number of carbonyl (C=O) groups excluding carboxylic acids is 4. The summed E-state index contributed by atoms with van der Waals surface area (Å²) >= 11 is 7.23. The molecule has 9 nitrogen and oxygen atoms in total. The SMILES string of the molecule is CCOc1cc(/C=C2/SC(=O)N(CC(=O)N3CCCC3)C2=O)cc(Cl)c1OCC(=O)Nc1ccc(C)cc1. The van der Waals surface area contributed by atoms with E-state index >= 15 is 0 Å². The van der Waals surface area contributed by atoms with Gasteiger partial charge in [0.25, 0.3) is 17.1 Å². The van der Waals surface area contributed by atoms with Crippen molar-refractivity contribution in [3.05, 3.63) is 57.5 Å². The Bertz CT molecular complexity index is 1270. The molecular weight excluding hydrogens is 530 g/mol. The first-order chi connectivity index (χ1) is 18.2. The fourth-order valence-electron chi connectivity index (χ4n) is 4.04. The Kier molecular flexibility index (Phi) is 8.96. The molecule has 2 saturated heterocycles. The van der Waals surface area contributed by atoms with Crippen LogP contribution in [-0.4, -0.2) is 65.6 Å². The van der Waals surface area contributed by atoms with E-state index in [1.807, 2.05) is 19.1 Å². The van der Waals surface area contributed by atoms with Crippen LogP contribution in [0.4, 0.5) is 10.5 Å². The molecule has 0 aliphatic carbocycles. The number of nitrogens with one attached hydrogen (secondary N) is 1. The standard InChI is InChI=1S/C27H28ClN3O6S/c1-3-36-21-13-18(12-20(28)25(21)37-16-23(32)29-19-8-6-17(2)7-9-19)14-22-26(34)31(27(35)38-22)15-24(33)30-10-4-5-11-30/h6-9,12-14H,3-5,10-11,15-16H2,1-2H3,(H,29,32)/b22-14+. The van der Waals surface area contributed by atoms with Crippen molar-refractivity contribution in [2.45, 2.75) is 26.7 Å². The molecule has 4 rings (SSSR count). The molecular formula is C27H28ClN3O6S. The Labute approximate surface area is 230 Å². The lowest BCUT2D eigenvalue weighted by Gasteiger charge is -2.18. The molecule has 0 radical (unpaired) electrons. The van der Waals surface area contributed by atoms with Gasteiger partial charge in [0.2, 0.25) is 5.91 Å². The fourth-order valence-corrected chi connectivity index (χ4v) is 5.15. The van der Waals surface area contributed by atoms with Crippen molar-refractivity contribution in [2.75, 3.05) is 38.2 Å². The van der Waals surface area contributed by atoms with Crippen LogP contribution in [-0.2, 0) is 14.4 Å². The average molecular weight is 558 g/mol. The van der Waals surface area contributed by atoms with Gasteiger partial charge in [-0.05, 0) is 74.4 Å². The van der Waals surface area contributed by atoms with E-state index in [0.29, 0.717) is 30.9 Å². The first-order valence-electron chi connectivity index (χ1n) is 12.2. The van der Waals surface area contributed by atoms with Crippen LogP contribution in [0.3, 0.4) is 0 Å². The summed E-state index contributed by atoms with van der Waals surface area (Å²) in [7, 11) is 0. The van der Waals surface area contributed by atoms with E-state index in [4.69, 9.17) is 21.1 Å². The van der Waals surface area contributed by atoms with E-state index in [9.17, 15) is 19.2 Å². The first-order valence-corrected chi connectivity index (χ1v) is 13.4. The molecule has 0 spiro atoms. The smallest absolute Gasteiger partial charge is 0.294 e. The van der Waals surface area contributed by atoms with Gasteiger partial charge in [-0.1, -0.05) is 29.3 Å². The Morgan fingerprint density at radius 1 is 1.11 bits per heavy atom. The number of hydrogen-bond acceptors (Lipinski definition) is 7. The van der Waals surface area contributed by atoms with Crippen molar-refractivity contribution in [1.29, 1.82) is 0 Å². The first kappa shape index (κ1) is 27.5. The van der Waals surface area contributed by atoms with E-state index in [2.05, 4.69) is 5.32 Å². The summed E-state index contributed by atoms with van der Waals surface area (Å²) in [6.45, 7) is 4.77. The Morgan fingerprint density at radius 2 is 1.82 bits per heavy atom. The Morgan fingerprint density at radius 3 is 2.50 bits per heavy atom. The maximum Gasteiger partial charge on any atom is 0.294 e. The predicted molar refractivity (Wildman–Crippen MR) is 146 cm³/mol. The van der Waals surface area contributed by atoms with Gasteiger partial charge in [0, 0.05) is 18.8 Å². The van der Waals surface area contributed by atoms with Gasteiger partial charge in [-0.25, -0.2) is 0 Å². The lowest BCUT2D eigenvalue weighted by Crippen LogP contribution is -2.40. The van der Waals surface area contributed by atoms with Gasteiger partial charge in [0.15, 0.2) is 18.1 Å². The lowest BCUT2D eigenvalue weighted by atomic mass is 10.1. The highest BCUT2D eigenvalue weighted by Crippen LogP contribution is 2.39. The molecule has 200 valence electrons. The van der Waals surface area contributed by atoms with E-state index < -0.39 is 11.1 Å². The number of hydrogen-bond donors (Lipinski definition) is 1. The molecule has 2 heterocycles. The molecule has 0 bridgehead atoms. The Hall–Kier alpha value is -3.50. The minimum atomic E-state index is -0.533. The monoisotopic (exact) mass is 557 g/mol. The fraction of sp³-hybridized carbons (Fsp3) is 0.333. The molecule has 0 aromatic heterocycles.